The second-order valence-corrected chi connectivity index (χ2v) is 6.08. The molecule has 1 heterocycles. The zero-order chi connectivity index (χ0) is 17.3. The van der Waals surface area contributed by atoms with Gasteiger partial charge in [-0.3, -0.25) is 0 Å². The molecule has 2 aromatic rings. The molecule has 0 atom stereocenters. The smallest absolute Gasteiger partial charge is 0.363 e. The van der Waals surface area contributed by atoms with Gasteiger partial charge in [0.2, 0.25) is 5.90 Å². The average Bonchev–Trinajstić information content (AvgIpc) is 2.91. The number of ether oxygens (including phenoxy) is 2. The lowest BCUT2D eigenvalue weighted by atomic mass is 10.2. The first-order chi connectivity index (χ1) is 11.5. The molecule has 24 heavy (non-hydrogen) atoms. The van der Waals surface area contributed by atoms with Gasteiger partial charge >= 0.3 is 5.97 Å². The Bertz CT molecular complexity index is 891. The van der Waals surface area contributed by atoms with Crippen LogP contribution < -0.4 is 4.74 Å². The van der Waals surface area contributed by atoms with E-state index in [4.69, 9.17) is 44.3 Å². The summed E-state index contributed by atoms with van der Waals surface area (Å²) in [6.45, 7) is 0. The molecule has 1 aliphatic rings. The van der Waals surface area contributed by atoms with E-state index in [0.29, 0.717) is 31.9 Å². The number of carbonyl (C=O) groups excluding carboxylic acids is 1. The van der Waals surface area contributed by atoms with Crippen molar-refractivity contribution in [2.75, 3.05) is 7.11 Å². The topological polar surface area (TPSA) is 47.9 Å². The third-order valence-corrected chi connectivity index (χ3v) is 4.33. The SMILES string of the molecule is COc1ccc(C2=N/C(=C\c3ccc(Cl)c(Cl)c3)C(=O)O2)c(Cl)c1. The highest BCUT2D eigenvalue weighted by atomic mass is 35.5. The fourth-order valence-corrected chi connectivity index (χ4v) is 2.64. The zero-order valence-electron chi connectivity index (χ0n) is 12.3. The summed E-state index contributed by atoms with van der Waals surface area (Å²) in [6, 6.07) is 10.0. The van der Waals surface area contributed by atoms with Gasteiger partial charge in [-0.15, -0.1) is 0 Å². The number of aliphatic imine (C=N–C) groups is 1. The summed E-state index contributed by atoms with van der Waals surface area (Å²) in [7, 11) is 1.54. The Hall–Kier alpha value is -2.01. The summed E-state index contributed by atoms with van der Waals surface area (Å²) in [4.78, 5) is 16.2. The molecular formula is C17H10Cl3NO3. The van der Waals surface area contributed by atoms with Gasteiger partial charge in [0.05, 0.1) is 27.7 Å². The van der Waals surface area contributed by atoms with Gasteiger partial charge in [0.25, 0.3) is 0 Å². The number of cyclic esters (lactones) is 1. The number of hydrogen-bond donors (Lipinski definition) is 0. The van der Waals surface area contributed by atoms with Gasteiger partial charge in [-0.05, 0) is 42.0 Å². The van der Waals surface area contributed by atoms with Crippen molar-refractivity contribution < 1.29 is 14.3 Å². The molecule has 0 N–H and O–H groups in total. The van der Waals surface area contributed by atoms with Crippen molar-refractivity contribution in [2.45, 2.75) is 0 Å². The Balaban J connectivity index is 1.95. The lowest BCUT2D eigenvalue weighted by Crippen LogP contribution is -2.06. The van der Waals surface area contributed by atoms with Crippen LogP contribution in [0.25, 0.3) is 6.08 Å². The molecule has 1 aliphatic heterocycles. The van der Waals surface area contributed by atoms with E-state index < -0.39 is 5.97 Å². The van der Waals surface area contributed by atoms with Crippen LogP contribution >= 0.6 is 34.8 Å². The molecule has 0 radical (unpaired) electrons. The van der Waals surface area contributed by atoms with E-state index in [1.807, 2.05) is 0 Å². The summed E-state index contributed by atoms with van der Waals surface area (Å²) < 4.78 is 10.3. The van der Waals surface area contributed by atoms with Gasteiger partial charge < -0.3 is 9.47 Å². The van der Waals surface area contributed by atoms with Crippen LogP contribution in [0.15, 0.2) is 47.1 Å². The molecule has 7 heteroatoms. The minimum absolute atomic E-state index is 0.138. The quantitative estimate of drug-likeness (QED) is 0.554. The highest BCUT2D eigenvalue weighted by Gasteiger charge is 2.25. The Labute approximate surface area is 153 Å². The number of benzene rings is 2. The van der Waals surface area contributed by atoms with Gasteiger partial charge in [-0.25, -0.2) is 9.79 Å². The van der Waals surface area contributed by atoms with Crippen molar-refractivity contribution in [2.24, 2.45) is 4.99 Å². The largest absolute Gasteiger partial charge is 0.497 e. The van der Waals surface area contributed by atoms with Gasteiger partial charge in [-0.1, -0.05) is 40.9 Å². The van der Waals surface area contributed by atoms with Gasteiger partial charge in [0.15, 0.2) is 5.70 Å². The highest BCUT2D eigenvalue weighted by molar-refractivity contribution is 6.42. The zero-order valence-corrected chi connectivity index (χ0v) is 14.6. The first-order valence-corrected chi connectivity index (χ1v) is 7.93. The third-order valence-electron chi connectivity index (χ3n) is 3.27. The van der Waals surface area contributed by atoms with Crippen LogP contribution in [-0.4, -0.2) is 19.0 Å². The van der Waals surface area contributed by atoms with Crippen molar-refractivity contribution in [1.29, 1.82) is 0 Å². The maximum atomic E-state index is 12.0. The van der Waals surface area contributed by atoms with Crippen LogP contribution in [0.2, 0.25) is 15.1 Å². The number of rotatable bonds is 3. The lowest BCUT2D eigenvalue weighted by Gasteiger charge is -2.05. The molecule has 0 aliphatic carbocycles. The molecule has 0 amide bonds. The molecular weight excluding hydrogens is 373 g/mol. The van der Waals surface area contributed by atoms with E-state index in [0.717, 1.165) is 0 Å². The molecule has 0 aromatic heterocycles. The second-order valence-electron chi connectivity index (χ2n) is 4.86. The van der Waals surface area contributed by atoms with E-state index in [1.54, 1.807) is 42.5 Å². The number of esters is 1. The molecule has 4 nitrogen and oxygen atoms in total. The van der Waals surface area contributed by atoms with Crippen LogP contribution in [0.5, 0.6) is 5.75 Å². The number of methoxy groups -OCH3 is 1. The van der Waals surface area contributed by atoms with Crippen molar-refractivity contribution >= 4 is 52.7 Å². The molecule has 0 spiro atoms. The summed E-state index contributed by atoms with van der Waals surface area (Å²) in [5, 5.41) is 1.19. The van der Waals surface area contributed by atoms with Crippen LogP contribution in [-0.2, 0) is 9.53 Å². The molecule has 2 aromatic carbocycles. The van der Waals surface area contributed by atoms with Crippen LogP contribution in [0.4, 0.5) is 0 Å². The maximum absolute atomic E-state index is 12.0. The summed E-state index contributed by atoms with van der Waals surface area (Å²) in [6.07, 6.45) is 1.56. The van der Waals surface area contributed by atoms with Crippen LogP contribution in [0.1, 0.15) is 11.1 Å². The number of hydrogen-bond acceptors (Lipinski definition) is 4. The Morgan fingerprint density at radius 3 is 2.50 bits per heavy atom. The van der Waals surface area contributed by atoms with Crippen molar-refractivity contribution in [3.63, 3.8) is 0 Å². The molecule has 122 valence electrons. The number of nitrogens with zero attached hydrogens (tertiary/aromatic N) is 1. The molecule has 0 saturated carbocycles. The van der Waals surface area contributed by atoms with E-state index in [-0.39, 0.29) is 11.6 Å². The Kier molecular flexibility index (Phi) is 4.81. The van der Waals surface area contributed by atoms with E-state index in [1.165, 1.54) is 7.11 Å². The predicted octanol–water partition coefficient (Wildman–Crippen LogP) is 5.00. The summed E-state index contributed by atoms with van der Waals surface area (Å²) in [5.41, 5.74) is 1.33. The maximum Gasteiger partial charge on any atom is 0.363 e. The van der Waals surface area contributed by atoms with E-state index in [9.17, 15) is 4.79 Å². The molecule has 3 rings (SSSR count). The van der Waals surface area contributed by atoms with Crippen molar-refractivity contribution in [3.05, 3.63) is 68.3 Å². The highest BCUT2D eigenvalue weighted by Crippen LogP contribution is 2.28. The standard InChI is InChI=1S/C17H10Cl3NO3/c1-23-10-3-4-11(13(19)8-10)16-21-15(17(22)24-16)7-9-2-5-12(18)14(20)6-9/h2-8H,1H3/b15-7-. The van der Waals surface area contributed by atoms with Gasteiger partial charge in [0.1, 0.15) is 5.75 Å². The minimum Gasteiger partial charge on any atom is -0.497 e. The fourth-order valence-electron chi connectivity index (χ4n) is 2.08. The van der Waals surface area contributed by atoms with Gasteiger partial charge in [0, 0.05) is 0 Å². The summed E-state index contributed by atoms with van der Waals surface area (Å²) in [5.74, 6) is 0.169. The van der Waals surface area contributed by atoms with Crippen molar-refractivity contribution in [3.8, 4) is 5.75 Å². The predicted molar refractivity (Wildman–Crippen MR) is 95.1 cm³/mol. The Morgan fingerprint density at radius 1 is 1.04 bits per heavy atom. The Morgan fingerprint density at radius 2 is 1.83 bits per heavy atom. The lowest BCUT2D eigenvalue weighted by molar-refractivity contribution is -0.129. The fraction of sp³-hybridized carbons (Fsp3) is 0.0588. The number of halogens is 3. The van der Waals surface area contributed by atoms with E-state index in [2.05, 4.69) is 4.99 Å². The first kappa shape index (κ1) is 16.8. The van der Waals surface area contributed by atoms with Gasteiger partial charge in [-0.2, -0.15) is 0 Å². The molecule has 0 bridgehead atoms. The van der Waals surface area contributed by atoms with Crippen LogP contribution in [0.3, 0.4) is 0 Å². The van der Waals surface area contributed by atoms with E-state index >= 15 is 0 Å². The number of carbonyl (C=O) groups is 1. The third kappa shape index (κ3) is 3.41. The normalized spacial score (nSPS) is 15.4. The molecule has 0 saturated heterocycles. The second kappa shape index (κ2) is 6.85. The first-order valence-electron chi connectivity index (χ1n) is 6.79. The molecule has 0 fully saturated rings. The minimum atomic E-state index is -0.567. The molecule has 0 unspecified atom stereocenters. The monoisotopic (exact) mass is 381 g/mol. The van der Waals surface area contributed by atoms with Crippen molar-refractivity contribution in [1.82, 2.24) is 0 Å². The van der Waals surface area contributed by atoms with Crippen LogP contribution in [0, 0.1) is 0 Å². The average molecular weight is 383 g/mol. The summed E-state index contributed by atoms with van der Waals surface area (Å²) >= 11 is 18.0.